The van der Waals surface area contributed by atoms with Gasteiger partial charge in [0, 0.05) is 26.6 Å². The molecule has 14 heavy (non-hydrogen) atoms. The normalized spacial score (nSPS) is 30.8. The third-order valence-corrected chi connectivity index (χ3v) is 3.11. The van der Waals surface area contributed by atoms with Crippen molar-refractivity contribution in [1.82, 2.24) is 15.3 Å². The van der Waals surface area contributed by atoms with Crippen molar-refractivity contribution in [3.05, 3.63) is 0 Å². The standard InChI is InChI=1S/C10H19N3O/c1-12-7-3-5-10(14)13(12)9-4-2-6-11-8-9/h9,11H,2-8H2,1H3. The molecule has 1 N–H and O–H groups in total. The summed E-state index contributed by atoms with van der Waals surface area (Å²) in [6.07, 6.45) is 4.05. The predicted octanol–water partition coefficient (Wildman–Crippen LogP) is 0.208. The summed E-state index contributed by atoms with van der Waals surface area (Å²) < 4.78 is 0. The van der Waals surface area contributed by atoms with Crippen LogP contribution in [0.5, 0.6) is 0 Å². The van der Waals surface area contributed by atoms with Crippen molar-refractivity contribution in [3.63, 3.8) is 0 Å². The van der Waals surface area contributed by atoms with E-state index in [9.17, 15) is 4.79 Å². The Morgan fingerprint density at radius 2 is 2.29 bits per heavy atom. The van der Waals surface area contributed by atoms with E-state index in [0.717, 1.165) is 38.9 Å². The number of hydrogen-bond donors (Lipinski definition) is 1. The fraction of sp³-hybridized carbons (Fsp3) is 0.900. The summed E-state index contributed by atoms with van der Waals surface area (Å²) in [5.41, 5.74) is 0. The van der Waals surface area contributed by atoms with Gasteiger partial charge in [0.05, 0.1) is 6.04 Å². The average Bonchev–Trinajstić information content (AvgIpc) is 2.19. The lowest BCUT2D eigenvalue weighted by atomic mass is 10.1. The molecular weight excluding hydrogens is 178 g/mol. The number of amides is 1. The van der Waals surface area contributed by atoms with E-state index in [1.807, 2.05) is 12.1 Å². The molecule has 0 aromatic heterocycles. The molecule has 0 saturated carbocycles. The van der Waals surface area contributed by atoms with Crippen LogP contribution < -0.4 is 5.32 Å². The number of hydrazine groups is 1. The summed E-state index contributed by atoms with van der Waals surface area (Å²) in [4.78, 5) is 11.8. The number of carbonyl (C=O) groups is 1. The van der Waals surface area contributed by atoms with Gasteiger partial charge in [-0.1, -0.05) is 0 Å². The highest BCUT2D eigenvalue weighted by molar-refractivity contribution is 5.76. The lowest BCUT2D eigenvalue weighted by molar-refractivity contribution is -0.159. The zero-order chi connectivity index (χ0) is 9.97. The van der Waals surface area contributed by atoms with Crippen LogP contribution in [0.3, 0.4) is 0 Å². The summed E-state index contributed by atoms with van der Waals surface area (Å²) in [5, 5.41) is 7.41. The van der Waals surface area contributed by atoms with Crippen LogP contribution in [-0.2, 0) is 4.79 Å². The molecule has 1 amide bonds. The van der Waals surface area contributed by atoms with Crippen molar-refractivity contribution in [2.24, 2.45) is 0 Å². The summed E-state index contributed by atoms with van der Waals surface area (Å²) in [5.74, 6) is 0.299. The van der Waals surface area contributed by atoms with E-state index in [2.05, 4.69) is 10.3 Å². The minimum atomic E-state index is 0.299. The average molecular weight is 197 g/mol. The molecule has 4 heteroatoms. The summed E-state index contributed by atoms with van der Waals surface area (Å²) in [6, 6.07) is 0.390. The molecule has 0 aliphatic carbocycles. The molecule has 2 saturated heterocycles. The van der Waals surface area contributed by atoms with Gasteiger partial charge >= 0.3 is 0 Å². The van der Waals surface area contributed by atoms with E-state index in [1.54, 1.807) is 0 Å². The van der Waals surface area contributed by atoms with Gasteiger partial charge in [0.15, 0.2) is 0 Å². The van der Waals surface area contributed by atoms with Gasteiger partial charge in [-0.25, -0.2) is 5.01 Å². The van der Waals surface area contributed by atoms with Crippen LogP contribution in [0.4, 0.5) is 0 Å². The fourth-order valence-corrected chi connectivity index (χ4v) is 2.40. The van der Waals surface area contributed by atoms with E-state index in [-0.39, 0.29) is 0 Å². The zero-order valence-electron chi connectivity index (χ0n) is 8.83. The van der Waals surface area contributed by atoms with Crippen LogP contribution in [-0.4, -0.2) is 48.6 Å². The fourth-order valence-electron chi connectivity index (χ4n) is 2.40. The first-order valence-electron chi connectivity index (χ1n) is 5.53. The molecule has 2 aliphatic rings. The van der Waals surface area contributed by atoms with Crippen LogP contribution in [0.2, 0.25) is 0 Å². The highest BCUT2D eigenvalue weighted by Crippen LogP contribution is 2.18. The Labute approximate surface area is 85.2 Å². The van der Waals surface area contributed by atoms with Crippen LogP contribution >= 0.6 is 0 Å². The van der Waals surface area contributed by atoms with Crippen LogP contribution in [0.25, 0.3) is 0 Å². The molecule has 0 aromatic rings. The van der Waals surface area contributed by atoms with Crippen molar-refractivity contribution in [3.8, 4) is 0 Å². The number of nitrogens with zero attached hydrogens (tertiary/aromatic N) is 2. The number of carbonyl (C=O) groups excluding carboxylic acids is 1. The quantitative estimate of drug-likeness (QED) is 0.652. The second-order valence-corrected chi connectivity index (χ2v) is 4.22. The van der Waals surface area contributed by atoms with E-state index in [1.165, 1.54) is 6.42 Å². The van der Waals surface area contributed by atoms with Crippen molar-refractivity contribution in [2.75, 3.05) is 26.7 Å². The lowest BCUT2D eigenvalue weighted by Gasteiger charge is -2.42. The molecule has 1 unspecified atom stereocenters. The zero-order valence-corrected chi connectivity index (χ0v) is 8.83. The molecule has 1 atom stereocenters. The van der Waals surface area contributed by atoms with E-state index < -0.39 is 0 Å². The Bertz CT molecular complexity index is 213. The maximum Gasteiger partial charge on any atom is 0.237 e. The number of piperidine rings is 1. The molecule has 0 aromatic carbocycles. The molecule has 2 rings (SSSR count). The third-order valence-electron chi connectivity index (χ3n) is 3.11. The largest absolute Gasteiger partial charge is 0.315 e. The van der Waals surface area contributed by atoms with Gasteiger partial charge in [-0.2, -0.15) is 0 Å². The van der Waals surface area contributed by atoms with Gasteiger partial charge in [-0.3, -0.25) is 9.80 Å². The maximum atomic E-state index is 11.8. The Hall–Kier alpha value is -0.610. The first kappa shape index (κ1) is 9.93. The van der Waals surface area contributed by atoms with Gasteiger partial charge in [0.25, 0.3) is 0 Å². The van der Waals surface area contributed by atoms with Gasteiger partial charge in [0.2, 0.25) is 5.91 Å². The Balaban J connectivity index is 2.01. The molecule has 4 nitrogen and oxygen atoms in total. The van der Waals surface area contributed by atoms with Crippen molar-refractivity contribution >= 4 is 5.91 Å². The van der Waals surface area contributed by atoms with Crippen LogP contribution in [0.1, 0.15) is 25.7 Å². The minimum Gasteiger partial charge on any atom is -0.315 e. The van der Waals surface area contributed by atoms with Crippen LogP contribution in [0.15, 0.2) is 0 Å². The van der Waals surface area contributed by atoms with E-state index in [4.69, 9.17) is 0 Å². The maximum absolute atomic E-state index is 11.8. The molecule has 2 heterocycles. The highest BCUT2D eigenvalue weighted by atomic mass is 16.2. The first-order chi connectivity index (χ1) is 6.79. The molecule has 0 radical (unpaired) electrons. The van der Waals surface area contributed by atoms with E-state index in [0.29, 0.717) is 11.9 Å². The van der Waals surface area contributed by atoms with E-state index >= 15 is 0 Å². The summed E-state index contributed by atoms with van der Waals surface area (Å²) >= 11 is 0. The minimum absolute atomic E-state index is 0.299. The van der Waals surface area contributed by atoms with Gasteiger partial charge < -0.3 is 5.32 Å². The number of rotatable bonds is 1. The second kappa shape index (κ2) is 4.28. The first-order valence-corrected chi connectivity index (χ1v) is 5.53. The summed E-state index contributed by atoms with van der Waals surface area (Å²) in [7, 11) is 2.02. The van der Waals surface area contributed by atoms with Crippen LogP contribution in [0, 0.1) is 0 Å². The highest BCUT2D eigenvalue weighted by Gasteiger charge is 2.30. The molecule has 0 spiro atoms. The number of nitrogens with one attached hydrogen (secondary N) is 1. The van der Waals surface area contributed by atoms with Gasteiger partial charge in [-0.05, 0) is 25.8 Å². The number of hydrogen-bond acceptors (Lipinski definition) is 3. The van der Waals surface area contributed by atoms with Gasteiger partial charge in [-0.15, -0.1) is 0 Å². The molecule has 2 fully saturated rings. The monoisotopic (exact) mass is 197 g/mol. The predicted molar refractivity (Wildman–Crippen MR) is 54.6 cm³/mol. The van der Waals surface area contributed by atoms with Crippen molar-refractivity contribution in [1.29, 1.82) is 0 Å². The second-order valence-electron chi connectivity index (χ2n) is 4.22. The van der Waals surface area contributed by atoms with Crippen molar-refractivity contribution in [2.45, 2.75) is 31.7 Å². The SMILES string of the molecule is CN1CCCC(=O)N1C1CCCNC1. The smallest absolute Gasteiger partial charge is 0.237 e. The topological polar surface area (TPSA) is 35.6 Å². The molecule has 0 bridgehead atoms. The Kier molecular flexibility index (Phi) is 3.03. The molecular formula is C10H19N3O. The Morgan fingerprint density at radius 1 is 1.43 bits per heavy atom. The van der Waals surface area contributed by atoms with Gasteiger partial charge in [0.1, 0.15) is 0 Å². The molecule has 80 valence electrons. The van der Waals surface area contributed by atoms with Crippen molar-refractivity contribution < 1.29 is 4.79 Å². The summed E-state index contributed by atoms with van der Waals surface area (Å²) in [6.45, 7) is 3.07. The molecule has 2 aliphatic heterocycles. The Morgan fingerprint density at radius 3 is 2.93 bits per heavy atom. The third kappa shape index (κ3) is 1.91. The lowest BCUT2D eigenvalue weighted by Crippen LogP contribution is -2.57.